The second kappa shape index (κ2) is 8.13. The number of rotatable bonds is 6. The van der Waals surface area contributed by atoms with Crippen molar-refractivity contribution in [3.05, 3.63) is 57.8 Å². The highest BCUT2D eigenvalue weighted by Crippen LogP contribution is 2.29. The van der Waals surface area contributed by atoms with E-state index in [1.807, 2.05) is 0 Å². The molecule has 0 aliphatic heterocycles. The maximum atomic E-state index is 12.5. The zero-order chi connectivity index (χ0) is 18.4. The number of alkyl halides is 3. The van der Waals surface area contributed by atoms with E-state index in [4.69, 9.17) is 0 Å². The van der Waals surface area contributed by atoms with Gasteiger partial charge in [-0.2, -0.15) is 13.2 Å². The fourth-order valence-corrected chi connectivity index (χ4v) is 2.58. The Morgan fingerprint density at radius 2 is 1.84 bits per heavy atom. The van der Waals surface area contributed by atoms with Crippen LogP contribution in [-0.2, 0) is 17.5 Å². The van der Waals surface area contributed by atoms with Gasteiger partial charge in [0.15, 0.2) is 0 Å². The Labute approximate surface area is 145 Å². The van der Waals surface area contributed by atoms with Gasteiger partial charge in [0.1, 0.15) is 6.04 Å². The molecule has 0 aliphatic rings. The fourth-order valence-electron chi connectivity index (χ4n) is 1.96. The first-order valence-corrected chi connectivity index (χ1v) is 8.08. The SMILES string of the molecule is O=C(NC(CO)C(=O)NCc1ccc(C(F)(F)F)cc1)c1cccs1. The average Bonchev–Trinajstić information content (AvgIpc) is 3.11. The average molecular weight is 372 g/mol. The van der Waals surface area contributed by atoms with E-state index in [1.165, 1.54) is 23.5 Å². The lowest BCUT2D eigenvalue weighted by Crippen LogP contribution is -2.48. The lowest BCUT2D eigenvalue weighted by molar-refractivity contribution is -0.137. The van der Waals surface area contributed by atoms with E-state index in [0.717, 1.165) is 12.1 Å². The molecule has 1 atom stereocenters. The molecule has 0 fully saturated rings. The van der Waals surface area contributed by atoms with Crippen LogP contribution in [0.5, 0.6) is 0 Å². The molecule has 1 unspecified atom stereocenters. The number of carbonyl (C=O) groups is 2. The van der Waals surface area contributed by atoms with E-state index in [-0.39, 0.29) is 6.54 Å². The third kappa shape index (κ3) is 5.30. The molecule has 0 radical (unpaired) electrons. The van der Waals surface area contributed by atoms with Gasteiger partial charge in [0.05, 0.1) is 17.0 Å². The number of hydrogen-bond donors (Lipinski definition) is 3. The third-order valence-electron chi connectivity index (χ3n) is 3.30. The van der Waals surface area contributed by atoms with E-state index >= 15 is 0 Å². The van der Waals surface area contributed by atoms with Gasteiger partial charge >= 0.3 is 6.18 Å². The van der Waals surface area contributed by atoms with Crippen LogP contribution in [0, 0.1) is 0 Å². The maximum absolute atomic E-state index is 12.5. The first-order chi connectivity index (χ1) is 11.8. The van der Waals surface area contributed by atoms with Crippen LogP contribution in [0.1, 0.15) is 20.8 Å². The molecule has 0 aliphatic carbocycles. The molecule has 1 aromatic heterocycles. The highest BCUT2D eigenvalue weighted by Gasteiger charge is 2.30. The summed E-state index contributed by atoms with van der Waals surface area (Å²) in [6.45, 7) is -0.627. The van der Waals surface area contributed by atoms with Crippen molar-refractivity contribution < 1.29 is 27.9 Å². The van der Waals surface area contributed by atoms with Crippen molar-refractivity contribution in [2.24, 2.45) is 0 Å². The number of carbonyl (C=O) groups excluding carboxylic acids is 2. The summed E-state index contributed by atoms with van der Waals surface area (Å²) in [5, 5.41) is 15.8. The van der Waals surface area contributed by atoms with E-state index in [1.54, 1.807) is 17.5 Å². The van der Waals surface area contributed by atoms with Crippen molar-refractivity contribution in [2.45, 2.75) is 18.8 Å². The summed E-state index contributed by atoms with van der Waals surface area (Å²) in [5.74, 6) is -1.12. The van der Waals surface area contributed by atoms with Gasteiger partial charge in [0.2, 0.25) is 5.91 Å². The highest BCUT2D eigenvalue weighted by atomic mass is 32.1. The number of aliphatic hydroxyl groups is 1. The van der Waals surface area contributed by atoms with Crippen molar-refractivity contribution in [2.75, 3.05) is 6.61 Å². The van der Waals surface area contributed by atoms with Crippen molar-refractivity contribution in [3.63, 3.8) is 0 Å². The lowest BCUT2D eigenvalue weighted by atomic mass is 10.1. The summed E-state index contributed by atoms with van der Waals surface area (Å²) in [6, 6.07) is 6.45. The molecule has 2 amide bonds. The largest absolute Gasteiger partial charge is 0.416 e. The number of amides is 2. The number of hydrogen-bond acceptors (Lipinski definition) is 4. The summed E-state index contributed by atoms with van der Waals surface area (Å²) in [4.78, 5) is 24.3. The summed E-state index contributed by atoms with van der Waals surface area (Å²) in [6.07, 6.45) is -4.42. The summed E-state index contributed by atoms with van der Waals surface area (Å²) >= 11 is 1.19. The van der Waals surface area contributed by atoms with Crippen molar-refractivity contribution in [1.29, 1.82) is 0 Å². The van der Waals surface area contributed by atoms with Gasteiger partial charge in [-0.3, -0.25) is 9.59 Å². The minimum Gasteiger partial charge on any atom is -0.394 e. The predicted molar refractivity (Wildman–Crippen MR) is 85.9 cm³/mol. The normalized spacial score (nSPS) is 12.5. The van der Waals surface area contributed by atoms with Crippen LogP contribution < -0.4 is 10.6 Å². The first-order valence-electron chi connectivity index (χ1n) is 7.20. The predicted octanol–water partition coefficient (Wildman–Crippen LogP) is 2.17. The molecule has 134 valence electrons. The minimum atomic E-state index is -4.42. The van der Waals surface area contributed by atoms with Gasteiger partial charge in [0.25, 0.3) is 5.91 Å². The zero-order valence-electron chi connectivity index (χ0n) is 12.8. The topological polar surface area (TPSA) is 78.4 Å². The van der Waals surface area contributed by atoms with E-state index in [0.29, 0.717) is 10.4 Å². The summed E-state index contributed by atoms with van der Waals surface area (Å²) in [5.41, 5.74) is -0.318. The fraction of sp³-hybridized carbons (Fsp3) is 0.250. The Kier molecular flexibility index (Phi) is 6.16. The van der Waals surface area contributed by atoms with Gasteiger partial charge in [-0.15, -0.1) is 11.3 Å². The van der Waals surface area contributed by atoms with Crippen molar-refractivity contribution in [1.82, 2.24) is 10.6 Å². The van der Waals surface area contributed by atoms with E-state index in [2.05, 4.69) is 10.6 Å². The number of thiophene rings is 1. The van der Waals surface area contributed by atoms with Gasteiger partial charge in [-0.1, -0.05) is 18.2 Å². The Hall–Kier alpha value is -2.39. The molecule has 2 rings (SSSR count). The van der Waals surface area contributed by atoms with Crippen LogP contribution in [0.2, 0.25) is 0 Å². The maximum Gasteiger partial charge on any atom is 0.416 e. The quantitative estimate of drug-likeness (QED) is 0.727. The van der Waals surface area contributed by atoms with Crippen LogP contribution in [-0.4, -0.2) is 29.6 Å². The van der Waals surface area contributed by atoms with Gasteiger partial charge < -0.3 is 15.7 Å². The molecule has 3 N–H and O–H groups in total. The third-order valence-corrected chi connectivity index (χ3v) is 4.17. The molecule has 0 saturated heterocycles. The molecule has 9 heteroatoms. The number of nitrogens with one attached hydrogen (secondary N) is 2. The number of benzene rings is 1. The Bertz CT molecular complexity index is 715. The Balaban J connectivity index is 1.90. The highest BCUT2D eigenvalue weighted by molar-refractivity contribution is 7.12. The molecule has 1 heterocycles. The van der Waals surface area contributed by atoms with Crippen molar-refractivity contribution >= 4 is 23.2 Å². The smallest absolute Gasteiger partial charge is 0.394 e. The Morgan fingerprint density at radius 3 is 2.36 bits per heavy atom. The molecule has 1 aromatic carbocycles. The van der Waals surface area contributed by atoms with E-state index in [9.17, 15) is 27.9 Å². The van der Waals surface area contributed by atoms with Gasteiger partial charge in [-0.25, -0.2) is 0 Å². The molecule has 0 saturated carbocycles. The van der Waals surface area contributed by atoms with Gasteiger partial charge in [0, 0.05) is 6.54 Å². The molecule has 2 aromatic rings. The van der Waals surface area contributed by atoms with Crippen molar-refractivity contribution in [3.8, 4) is 0 Å². The summed E-state index contributed by atoms with van der Waals surface area (Å²) < 4.78 is 37.5. The molecular weight excluding hydrogens is 357 g/mol. The number of aliphatic hydroxyl groups excluding tert-OH is 1. The molecule has 5 nitrogen and oxygen atoms in total. The molecule has 0 spiro atoms. The van der Waals surface area contributed by atoms with E-state index < -0.39 is 36.2 Å². The molecule has 0 bridgehead atoms. The van der Waals surface area contributed by atoms with Crippen LogP contribution in [0.3, 0.4) is 0 Å². The van der Waals surface area contributed by atoms with Crippen LogP contribution in [0.25, 0.3) is 0 Å². The first kappa shape index (κ1) is 18.9. The van der Waals surface area contributed by atoms with Gasteiger partial charge in [-0.05, 0) is 29.1 Å². The second-order valence-electron chi connectivity index (χ2n) is 5.10. The zero-order valence-corrected chi connectivity index (χ0v) is 13.7. The van der Waals surface area contributed by atoms with Crippen LogP contribution in [0.15, 0.2) is 41.8 Å². The molecule has 25 heavy (non-hydrogen) atoms. The van der Waals surface area contributed by atoms with Crippen LogP contribution in [0.4, 0.5) is 13.2 Å². The standard InChI is InChI=1S/C16H15F3N2O3S/c17-16(18,19)11-5-3-10(4-6-11)8-20-14(23)12(9-22)21-15(24)13-2-1-7-25-13/h1-7,12,22H,8-9H2,(H,20,23)(H,21,24). The summed E-state index contributed by atoms with van der Waals surface area (Å²) in [7, 11) is 0. The van der Waals surface area contributed by atoms with Crippen LogP contribution >= 0.6 is 11.3 Å². The minimum absolute atomic E-state index is 0.0255. The molecular formula is C16H15F3N2O3S. The Morgan fingerprint density at radius 1 is 1.16 bits per heavy atom. The lowest BCUT2D eigenvalue weighted by Gasteiger charge is -2.16. The number of halogens is 3. The monoisotopic (exact) mass is 372 g/mol. The second-order valence-corrected chi connectivity index (χ2v) is 6.05.